The van der Waals surface area contributed by atoms with Crippen LogP contribution in [-0.2, 0) is 4.84 Å². The maximum absolute atomic E-state index is 4.84. The number of hydrogen-bond acceptors (Lipinski definition) is 2. The van der Waals surface area contributed by atoms with Crippen molar-refractivity contribution in [2.45, 2.75) is 13.8 Å². The van der Waals surface area contributed by atoms with Gasteiger partial charge in [0, 0.05) is 0 Å². The Hall–Kier alpha value is -1.31. The molecule has 0 fully saturated rings. The first-order chi connectivity index (χ1) is 5.83. The van der Waals surface area contributed by atoms with Gasteiger partial charge in [0.2, 0.25) is 0 Å². The molecule has 64 valence electrons. The van der Waals surface area contributed by atoms with Gasteiger partial charge < -0.3 is 4.84 Å². The monoisotopic (exact) mass is 163 g/mol. The van der Waals surface area contributed by atoms with E-state index in [2.05, 4.69) is 12.1 Å². The van der Waals surface area contributed by atoms with Crippen molar-refractivity contribution < 1.29 is 4.84 Å². The third kappa shape index (κ3) is 2.74. The van der Waals surface area contributed by atoms with Crippen LogP contribution in [0.4, 0.5) is 0 Å². The standard InChI is InChI=1S/C10H13NO/c1-3-12-11-8-10-6-4-9(2)5-7-10/h4-8H,3H2,1-2H3/b11-8-. The van der Waals surface area contributed by atoms with E-state index in [1.165, 1.54) is 5.56 Å². The highest BCUT2D eigenvalue weighted by molar-refractivity contribution is 5.78. The first-order valence-corrected chi connectivity index (χ1v) is 4.05. The number of nitrogens with zero attached hydrogens (tertiary/aromatic N) is 1. The molecule has 1 aromatic rings. The lowest BCUT2D eigenvalue weighted by molar-refractivity contribution is 0.160. The van der Waals surface area contributed by atoms with E-state index in [0.717, 1.165) is 5.56 Å². The Kier molecular flexibility index (Phi) is 3.33. The van der Waals surface area contributed by atoms with Crippen LogP contribution >= 0.6 is 0 Å². The lowest BCUT2D eigenvalue weighted by Gasteiger charge is -1.94. The van der Waals surface area contributed by atoms with Crippen LogP contribution in [0.2, 0.25) is 0 Å². The molecule has 0 N–H and O–H groups in total. The van der Waals surface area contributed by atoms with Gasteiger partial charge in [-0.15, -0.1) is 0 Å². The first kappa shape index (κ1) is 8.78. The summed E-state index contributed by atoms with van der Waals surface area (Å²) < 4.78 is 0. The van der Waals surface area contributed by atoms with Gasteiger partial charge in [-0.05, 0) is 19.4 Å². The summed E-state index contributed by atoms with van der Waals surface area (Å²) in [6.45, 7) is 4.58. The lowest BCUT2D eigenvalue weighted by atomic mass is 10.2. The summed E-state index contributed by atoms with van der Waals surface area (Å²) in [6.07, 6.45) is 1.71. The Morgan fingerprint density at radius 2 is 2.00 bits per heavy atom. The topological polar surface area (TPSA) is 21.6 Å². The Morgan fingerprint density at radius 1 is 1.33 bits per heavy atom. The fourth-order valence-corrected chi connectivity index (χ4v) is 0.825. The molecule has 2 heteroatoms. The predicted octanol–water partition coefficient (Wildman–Crippen LogP) is 2.37. The van der Waals surface area contributed by atoms with Crippen molar-refractivity contribution in [1.82, 2.24) is 0 Å². The third-order valence-corrected chi connectivity index (χ3v) is 1.48. The second-order valence-electron chi connectivity index (χ2n) is 2.56. The average Bonchev–Trinajstić information content (AvgIpc) is 2.09. The van der Waals surface area contributed by atoms with Gasteiger partial charge in [0.1, 0.15) is 6.61 Å². The van der Waals surface area contributed by atoms with Crippen molar-refractivity contribution in [3.63, 3.8) is 0 Å². The van der Waals surface area contributed by atoms with Crippen LogP contribution in [0.1, 0.15) is 18.1 Å². The molecule has 0 aromatic heterocycles. The lowest BCUT2D eigenvalue weighted by Crippen LogP contribution is -1.84. The molecule has 1 rings (SSSR count). The van der Waals surface area contributed by atoms with Gasteiger partial charge in [-0.25, -0.2) is 0 Å². The van der Waals surface area contributed by atoms with Gasteiger partial charge in [0.25, 0.3) is 0 Å². The minimum absolute atomic E-state index is 0.613. The number of benzene rings is 1. The van der Waals surface area contributed by atoms with Crippen molar-refractivity contribution in [1.29, 1.82) is 0 Å². The Bertz CT molecular complexity index is 251. The van der Waals surface area contributed by atoms with Crippen LogP contribution in [0.25, 0.3) is 0 Å². The van der Waals surface area contributed by atoms with Gasteiger partial charge in [0.05, 0.1) is 6.21 Å². The van der Waals surface area contributed by atoms with E-state index in [4.69, 9.17) is 4.84 Å². The number of rotatable bonds is 3. The number of aryl methyl sites for hydroxylation is 1. The third-order valence-electron chi connectivity index (χ3n) is 1.48. The molecule has 0 bridgehead atoms. The number of hydrogen-bond donors (Lipinski definition) is 0. The zero-order valence-electron chi connectivity index (χ0n) is 7.45. The molecule has 0 saturated carbocycles. The smallest absolute Gasteiger partial charge is 0.114 e. The van der Waals surface area contributed by atoms with E-state index in [9.17, 15) is 0 Å². The Balaban J connectivity index is 2.58. The van der Waals surface area contributed by atoms with E-state index in [0.29, 0.717) is 6.61 Å². The maximum atomic E-state index is 4.84. The quantitative estimate of drug-likeness (QED) is 0.495. The van der Waals surface area contributed by atoms with Gasteiger partial charge in [-0.3, -0.25) is 0 Å². The molecule has 0 aliphatic rings. The van der Waals surface area contributed by atoms with Gasteiger partial charge in [-0.1, -0.05) is 35.0 Å². The van der Waals surface area contributed by atoms with Crippen LogP contribution in [0, 0.1) is 6.92 Å². The zero-order valence-corrected chi connectivity index (χ0v) is 7.45. The molecule has 0 heterocycles. The van der Waals surface area contributed by atoms with Crippen LogP contribution in [0.5, 0.6) is 0 Å². The first-order valence-electron chi connectivity index (χ1n) is 4.05. The largest absolute Gasteiger partial charge is 0.396 e. The summed E-state index contributed by atoms with van der Waals surface area (Å²) in [5.41, 5.74) is 2.32. The van der Waals surface area contributed by atoms with Crippen LogP contribution in [-0.4, -0.2) is 12.8 Å². The fraction of sp³-hybridized carbons (Fsp3) is 0.300. The number of oxime groups is 1. The minimum atomic E-state index is 0.613. The molecular weight excluding hydrogens is 150 g/mol. The van der Waals surface area contributed by atoms with E-state index < -0.39 is 0 Å². The zero-order chi connectivity index (χ0) is 8.81. The van der Waals surface area contributed by atoms with Crippen LogP contribution in [0.15, 0.2) is 29.4 Å². The molecular formula is C10H13NO. The highest BCUT2D eigenvalue weighted by atomic mass is 16.6. The van der Waals surface area contributed by atoms with Gasteiger partial charge >= 0.3 is 0 Å². The van der Waals surface area contributed by atoms with Gasteiger partial charge in [0.15, 0.2) is 0 Å². The Morgan fingerprint density at radius 3 is 2.58 bits per heavy atom. The van der Waals surface area contributed by atoms with E-state index in [-0.39, 0.29) is 0 Å². The molecule has 0 saturated heterocycles. The summed E-state index contributed by atoms with van der Waals surface area (Å²) in [7, 11) is 0. The molecule has 0 unspecified atom stereocenters. The second-order valence-corrected chi connectivity index (χ2v) is 2.56. The normalized spacial score (nSPS) is 10.5. The van der Waals surface area contributed by atoms with Crippen LogP contribution < -0.4 is 0 Å². The van der Waals surface area contributed by atoms with E-state index in [1.807, 2.05) is 31.2 Å². The van der Waals surface area contributed by atoms with Crippen molar-refractivity contribution in [2.75, 3.05) is 6.61 Å². The fourth-order valence-electron chi connectivity index (χ4n) is 0.825. The second kappa shape index (κ2) is 4.54. The highest BCUT2D eigenvalue weighted by Gasteiger charge is 1.86. The molecule has 0 radical (unpaired) electrons. The predicted molar refractivity (Wildman–Crippen MR) is 50.4 cm³/mol. The van der Waals surface area contributed by atoms with Crippen molar-refractivity contribution >= 4 is 6.21 Å². The molecule has 2 nitrogen and oxygen atoms in total. The molecule has 0 spiro atoms. The molecule has 1 aromatic carbocycles. The molecule has 0 atom stereocenters. The van der Waals surface area contributed by atoms with Crippen molar-refractivity contribution in [2.24, 2.45) is 5.16 Å². The molecule has 0 aliphatic heterocycles. The SMILES string of the molecule is CCO/N=C\c1ccc(C)cc1. The molecule has 12 heavy (non-hydrogen) atoms. The highest BCUT2D eigenvalue weighted by Crippen LogP contribution is 1.99. The van der Waals surface area contributed by atoms with Crippen molar-refractivity contribution in [3.8, 4) is 0 Å². The molecule has 0 aliphatic carbocycles. The van der Waals surface area contributed by atoms with Crippen LogP contribution in [0.3, 0.4) is 0 Å². The maximum Gasteiger partial charge on any atom is 0.114 e. The molecule has 0 amide bonds. The summed E-state index contributed by atoms with van der Waals surface area (Å²) in [5, 5.41) is 3.76. The summed E-state index contributed by atoms with van der Waals surface area (Å²) in [6, 6.07) is 8.12. The average molecular weight is 163 g/mol. The van der Waals surface area contributed by atoms with E-state index >= 15 is 0 Å². The Labute approximate surface area is 72.9 Å². The van der Waals surface area contributed by atoms with Crippen molar-refractivity contribution in [3.05, 3.63) is 35.4 Å². The minimum Gasteiger partial charge on any atom is -0.396 e. The summed E-state index contributed by atoms with van der Waals surface area (Å²) in [5.74, 6) is 0. The summed E-state index contributed by atoms with van der Waals surface area (Å²) >= 11 is 0. The van der Waals surface area contributed by atoms with E-state index in [1.54, 1.807) is 6.21 Å². The summed E-state index contributed by atoms with van der Waals surface area (Å²) in [4.78, 5) is 4.84. The van der Waals surface area contributed by atoms with Gasteiger partial charge in [-0.2, -0.15) is 0 Å².